The van der Waals surface area contributed by atoms with Crippen molar-refractivity contribution in [3.63, 3.8) is 0 Å². The fraction of sp³-hybridized carbons (Fsp3) is 0.308. The highest BCUT2D eigenvalue weighted by molar-refractivity contribution is 5.94. The van der Waals surface area contributed by atoms with E-state index in [2.05, 4.69) is 11.2 Å². The number of nitrogens with one attached hydrogen (secondary N) is 1. The average Bonchev–Trinajstić information content (AvgIpc) is 2.29. The molecule has 1 amide bonds. The van der Waals surface area contributed by atoms with Crippen molar-refractivity contribution < 1.29 is 9.90 Å². The van der Waals surface area contributed by atoms with E-state index in [0.717, 1.165) is 19.3 Å². The van der Waals surface area contributed by atoms with Crippen LogP contribution >= 0.6 is 0 Å². The molecule has 0 aliphatic carbocycles. The average molecular weight is 216 g/mol. The lowest BCUT2D eigenvalue weighted by molar-refractivity contribution is -0.268. The van der Waals surface area contributed by atoms with Crippen LogP contribution in [0.3, 0.4) is 0 Å². The number of carbonyl (C=O) groups excluding carboxylic acids is 1. The summed E-state index contributed by atoms with van der Waals surface area (Å²) in [6.07, 6.45) is 7.63. The Labute approximate surface area is 95.5 Å². The molecule has 1 rings (SSSR count). The van der Waals surface area contributed by atoms with Gasteiger partial charge in [-0.15, -0.1) is 18.1 Å². The highest BCUT2D eigenvalue weighted by atomic mass is 16.3. The molecule has 0 aromatic heterocycles. The number of hydrogen-bond donors (Lipinski definition) is 1. The summed E-state index contributed by atoms with van der Waals surface area (Å²) in [6.45, 7) is 0.611. The third kappa shape index (κ3) is 4.05. The van der Waals surface area contributed by atoms with E-state index in [0.29, 0.717) is 12.1 Å². The first-order chi connectivity index (χ1) is 7.74. The molecule has 0 aliphatic rings. The molecule has 0 fully saturated rings. The second kappa shape index (κ2) is 6.52. The molecule has 3 nitrogen and oxygen atoms in total. The first-order valence-corrected chi connectivity index (χ1v) is 5.23. The zero-order valence-electron chi connectivity index (χ0n) is 9.03. The van der Waals surface area contributed by atoms with Gasteiger partial charge in [0.15, 0.2) is 0 Å². The molecule has 1 aromatic rings. The van der Waals surface area contributed by atoms with Gasteiger partial charge in [0.05, 0.1) is 0 Å². The maximum atomic E-state index is 11.5. The summed E-state index contributed by atoms with van der Waals surface area (Å²) in [4.78, 5) is 11.5. The minimum absolute atomic E-state index is 0.0921. The first-order valence-electron chi connectivity index (χ1n) is 5.23. The van der Waals surface area contributed by atoms with E-state index < -0.39 is 0 Å². The molecule has 0 bridgehead atoms. The van der Waals surface area contributed by atoms with Crippen LogP contribution in [0.2, 0.25) is 0 Å². The zero-order chi connectivity index (χ0) is 11.8. The van der Waals surface area contributed by atoms with Gasteiger partial charge in [0.2, 0.25) is 0 Å². The number of amides is 1. The number of carbonyl (C=O) groups is 1. The molecule has 3 heteroatoms. The third-order valence-electron chi connectivity index (χ3n) is 2.15. The Morgan fingerprint density at radius 2 is 2.00 bits per heavy atom. The highest BCUT2D eigenvalue weighted by Gasteiger charge is 2.02. The highest BCUT2D eigenvalue weighted by Crippen LogP contribution is 2.06. The summed E-state index contributed by atoms with van der Waals surface area (Å²) in [5.41, 5.74) is 0.511. The Balaban J connectivity index is 2.30. The predicted octanol–water partition coefficient (Wildman–Crippen LogP) is 1.29. The summed E-state index contributed by atoms with van der Waals surface area (Å²) in [5.74, 6) is 2.30. The number of hydrogen-bond acceptors (Lipinski definition) is 2. The lowest BCUT2D eigenvalue weighted by Gasteiger charge is -2.07. The molecular formula is C13H14NO2-. The minimum Gasteiger partial charge on any atom is -0.872 e. The third-order valence-corrected chi connectivity index (χ3v) is 2.15. The number of benzene rings is 1. The molecule has 84 valence electrons. The summed E-state index contributed by atoms with van der Waals surface area (Å²) < 4.78 is 0. The zero-order valence-corrected chi connectivity index (χ0v) is 9.03. The van der Waals surface area contributed by atoms with Gasteiger partial charge in [-0.1, -0.05) is 24.3 Å². The SMILES string of the molecule is C#CCCCCNC(=O)c1ccc([O-])cc1. The van der Waals surface area contributed by atoms with Crippen LogP contribution in [0.4, 0.5) is 0 Å². The van der Waals surface area contributed by atoms with E-state index in [1.54, 1.807) is 0 Å². The first kappa shape index (κ1) is 12.1. The standard InChI is InChI=1S/C13H15NO2/c1-2-3-4-5-10-14-13(16)11-6-8-12(15)9-7-11/h1,6-9,15H,3-5,10H2,(H,14,16)/p-1. The monoisotopic (exact) mass is 216 g/mol. The molecule has 0 saturated carbocycles. The lowest BCUT2D eigenvalue weighted by Crippen LogP contribution is -2.24. The number of unbranched alkanes of at least 4 members (excludes halogenated alkanes) is 2. The van der Waals surface area contributed by atoms with E-state index in [9.17, 15) is 9.90 Å². The van der Waals surface area contributed by atoms with Crippen LogP contribution in [-0.4, -0.2) is 12.5 Å². The molecule has 0 heterocycles. The van der Waals surface area contributed by atoms with Crippen molar-refractivity contribution in [3.8, 4) is 18.1 Å². The minimum atomic E-state index is -0.152. The van der Waals surface area contributed by atoms with E-state index in [4.69, 9.17) is 6.42 Å². The van der Waals surface area contributed by atoms with Crippen molar-refractivity contribution in [1.29, 1.82) is 0 Å². The van der Waals surface area contributed by atoms with Gasteiger partial charge < -0.3 is 10.4 Å². The fourth-order valence-corrected chi connectivity index (χ4v) is 1.26. The summed E-state index contributed by atoms with van der Waals surface area (Å²) in [5, 5.41) is 13.6. The molecule has 1 aromatic carbocycles. The Morgan fingerprint density at radius 1 is 1.31 bits per heavy atom. The van der Waals surface area contributed by atoms with Crippen LogP contribution in [0.25, 0.3) is 0 Å². The van der Waals surface area contributed by atoms with Gasteiger partial charge in [0.1, 0.15) is 0 Å². The van der Waals surface area contributed by atoms with Crippen molar-refractivity contribution >= 4 is 5.91 Å². The molecular weight excluding hydrogens is 202 g/mol. The molecule has 16 heavy (non-hydrogen) atoms. The maximum Gasteiger partial charge on any atom is 0.251 e. The van der Waals surface area contributed by atoms with E-state index >= 15 is 0 Å². The van der Waals surface area contributed by atoms with Gasteiger partial charge in [-0.3, -0.25) is 4.79 Å². The van der Waals surface area contributed by atoms with Crippen molar-refractivity contribution in [2.75, 3.05) is 6.54 Å². The summed E-state index contributed by atoms with van der Waals surface area (Å²) in [6, 6.07) is 5.82. The van der Waals surface area contributed by atoms with Gasteiger partial charge in [-0.25, -0.2) is 0 Å². The van der Waals surface area contributed by atoms with Crippen LogP contribution in [-0.2, 0) is 0 Å². The Hall–Kier alpha value is -1.95. The second-order valence-corrected chi connectivity index (χ2v) is 3.44. The molecule has 0 saturated heterocycles. The van der Waals surface area contributed by atoms with Crippen LogP contribution < -0.4 is 10.4 Å². The van der Waals surface area contributed by atoms with Crippen LogP contribution in [0.5, 0.6) is 5.75 Å². The van der Waals surface area contributed by atoms with E-state index in [1.165, 1.54) is 24.3 Å². The largest absolute Gasteiger partial charge is 0.872 e. The Bertz CT molecular complexity index is 376. The van der Waals surface area contributed by atoms with Crippen LogP contribution in [0.1, 0.15) is 29.6 Å². The van der Waals surface area contributed by atoms with Gasteiger partial charge in [-0.2, -0.15) is 0 Å². The lowest BCUT2D eigenvalue weighted by atomic mass is 10.2. The summed E-state index contributed by atoms with van der Waals surface area (Å²) >= 11 is 0. The Morgan fingerprint density at radius 3 is 2.62 bits per heavy atom. The van der Waals surface area contributed by atoms with Crippen molar-refractivity contribution in [1.82, 2.24) is 5.32 Å². The van der Waals surface area contributed by atoms with Gasteiger partial charge in [0.25, 0.3) is 5.91 Å². The predicted molar refractivity (Wildman–Crippen MR) is 60.9 cm³/mol. The fourth-order valence-electron chi connectivity index (χ4n) is 1.26. The number of rotatable bonds is 5. The molecule has 0 unspecified atom stereocenters. The molecule has 0 spiro atoms. The molecule has 1 N–H and O–H groups in total. The van der Waals surface area contributed by atoms with Crippen LogP contribution in [0, 0.1) is 12.3 Å². The smallest absolute Gasteiger partial charge is 0.251 e. The van der Waals surface area contributed by atoms with Gasteiger partial charge in [-0.05, 0) is 12.8 Å². The van der Waals surface area contributed by atoms with Gasteiger partial charge in [0, 0.05) is 18.5 Å². The topological polar surface area (TPSA) is 52.2 Å². The van der Waals surface area contributed by atoms with E-state index in [1.807, 2.05) is 0 Å². The van der Waals surface area contributed by atoms with Crippen LogP contribution in [0.15, 0.2) is 24.3 Å². The van der Waals surface area contributed by atoms with Crippen molar-refractivity contribution in [2.24, 2.45) is 0 Å². The molecule has 0 aliphatic heterocycles. The van der Waals surface area contributed by atoms with Gasteiger partial charge >= 0.3 is 0 Å². The van der Waals surface area contributed by atoms with Crippen molar-refractivity contribution in [3.05, 3.63) is 29.8 Å². The Kier molecular flexibility index (Phi) is 4.94. The van der Waals surface area contributed by atoms with E-state index in [-0.39, 0.29) is 11.7 Å². The summed E-state index contributed by atoms with van der Waals surface area (Å²) in [7, 11) is 0. The molecule has 0 radical (unpaired) electrons. The maximum absolute atomic E-state index is 11.5. The second-order valence-electron chi connectivity index (χ2n) is 3.44. The number of terminal acetylenes is 1. The normalized spacial score (nSPS) is 9.44. The quantitative estimate of drug-likeness (QED) is 0.595. The van der Waals surface area contributed by atoms with Crippen molar-refractivity contribution in [2.45, 2.75) is 19.3 Å². The molecule has 0 atom stereocenters.